The molecule has 3 rings (SSSR count). The predicted octanol–water partition coefficient (Wildman–Crippen LogP) is 3.37. The second-order valence-corrected chi connectivity index (χ2v) is 5.76. The van der Waals surface area contributed by atoms with Gasteiger partial charge in [-0.1, -0.05) is 18.2 Å². The number of benzene rings is 2. The minimum absolute atomic E-state index is 0.0507. The molecule has 0 saturated heterocycles. The number of rotatable bonds is 4. The third kappa shape index (κ3) is 3.54. The summed E-state index contributed by atoms with van der Waals surface area (Å²) in [7, 11) is 0. The van der Waals surface area contributed by atoms with Crippen molar-refractivity contribution < 1.29 is 23.4 Å². The molecule has 1 fully saturated rings. The quantitative estimate of drug-likeness (QED) is 0.902. The Morgan fingerprint density at radius 1 is 1.08 bits per heavy atom. The van der Waals surface area contributed by atoms with Crippen LogP contribution < -0.4 is 10.1 Å². The summed E-state index contributed by atoms with van der Waals surface area (Å²) in [5.41, 5.74) is 0.317. The highest BCUT2D eigenvalue weighted by molar-refractivity contribution is 5.94. The standard InChI is InChI=1S/C18H17F2NO3/c19-18(20)11-10-15(16(18)22)21-17(23)12-6-8-14(9-7-12)24-13-4-2-1-3-5-13/h1-9,15-16,22H,10-11H2,(H,21,23)/t15-,16+/m0/s1. The van der Waals surface area contributed by atoms with Crippen LogP contribution in [0.25, 0.3) is 0 Å². The van der Waals surface area contributed by atoms with Crippen molar-refractivity contribution in [1.29, 1.82) is 0 Å². The average Bonchev–Trinajstić information content (AvgIpc) is 2.83. The highest BCUT2D eigenvalue weighted by Gasteiger charge is 2.49. The normalized spacial score (nSPS) is 22.1. The van der Waals surface area contributed by atoms with Crippen LogP contribution in [0.1, 0.15) is 23.2 Å². The molecule has 0 aliphatic heterocycles. The van der Waals surface area contributed by atoms with Gasteiger partial charge in [0.1, 0.15) is 17.6 Å². The molecule has 1 saturated carbocycles. The van der Waals surface area contributed by atoms with Crippen LogP contribution in [0.4, 0.5) is 8.78 Å². The summed E-state index contributed by atoms with van der Waals surface area (Å²) in [5.74, 6) is -2.41. The summed E-state index contributed by atoms with van der Waals surface area (Å²) in [6.45, 7) is 0. The number of amides is 1. The largest absolute Gasteiger partial charge is 0.457 e. The Morgan fingerprint density at radius 2 is 1.71 bits per heavy atom. The van der Waals surface area contributed by atoms with Crippen molar-refractivity contribution in [2.45, 2.75) is 30.9 Å². The number of ether oxygens (including phenoxy) is 1. The molecule has 0 unspecified atom stereocenters. The van der Waals surface area contributed by atoms with Crippen molar-refractivity contribution in [2.75, 3.05) is 0 Å². The average molecular weight is 333 g/mol. The zero-order valence-corrected chi connectivity index (χ0v) is 12.8. The van der Waals surface area contributed by atoms with E-state index in [0.717, 1.165) is 0 Å². The molecule has 0 heterocycles. The number of hydrogen-bond donors (Lipinski definition) is 2. The Bertz CT molecular complexity index is 704. The van der Waals surface area contributed by atoms with Crippen LogP contribution in [0.2, 0.25) is 0 Å². The van der Waals surface area contributed by atoms with E-state index in [0.29, 0.717) is 17.1 Å². The minimum Gasteiger partial charge on any atom is -0.457 e. The summed E-state index contributed by atoms with van der Waals surface area (Å²) in [4.78, 5) is 12.1. The number of carbonyl (C=O) groups excluding carboxylic acids is 1. The molecule has 6 heteroatoms. The van der Waals surface area contributed by atoms with E-state index in [-0.39, 0.29) is 6.42 Å². The Morgan fingerprint density at radius 3 is 2.29 bits per heavy atom. The Hall–Kier alpha value is -2.47. The number of alkyl halides is 2. The fraction of sp³-hybridized carbons (Fsp3) is 0.278. The summed E-state index contributed by atoms with van der Waals surface area (Å²) in [6.07, 6.45) is -2.22. The van der Waals surface area contributed by atoms with E-state index in [1.807, 2.05) is 30.3 Å². The van der Waals surface area contributed by atoms with Crippen LogP contribution in [-0.2, 0) is 0 Å². The molecule has 1 aliphatic carbocycles. The van der Waals surface area contributed by atoms with Crippen molar-refractivity contribution in [3.63, 3.8) is 0 Å². The van der Waals surface area contributed by atoms with Gasteiger partial charge in [0.15, 0.2) is 0 Å². The predicted molar refractivity (Wildman–Crippen MR) is 84.4 cm³/mol. The number of aliphatic hydroxyl groups excluding tert-OH is 1. The van der Waals surface area contributed by atoms with E-state index in [1.165, 1.54) is 0 Å². The van der Waals surface area contributed by atoms with Crippen molar-refractivity contribution in [1.82, 2.24) is 5.32 Å². The molecule has 2 aromatic rings. The number of halogens is 2. The highest BCUT2D eigenvalue weighted by Crippen LogP contribution is 2.35. The van der Waals surface area contributed by atoms with E-state index in [4.69, 9.17) is 4.74 Å². The molecule has 4 nitrogen and oxygen atoms in total. The van der Waals surface area contributed by atoms with E-state index in [9.17, 15) is 18.7 Å². The maximum atomic E-state index is 13.3. The van der Waals surface area contributed by atoms with E-state index in [2.05, 4.69) is 5.32 Å². The summed E-state index contributed by atoms with van der Waals surface area (Å²) >= 11 is 0. The van der Waals surface area contributed by atoms with Crippen LogP contribution in [0.3, 0.4) is 0 Å². The lowest BCUT2D eigenvalue weighted by Gasteiger charge is -2.20. The summed E-state index contributed by atoms with van der Waals surface area (Å²) < 4.78 is 32.2. The van der Waals surface area contributed by atoms with Crippen molar-refractivity contribution in [3.8, 4) is 11.5 Å². The number of hydrogen-bond acceptors (Lipinski definition) is 3. The molecule has 0 aromatic heterocycles. The second kappa shape index (κ2) is 6.57. The third-order valence-electron chi connectivity index (χ3n) is 4.01. The topological polar surface area (TPSA) is 58.6 Å². The minimum atomic E-state index is -3.15. The number of para-hydroxylation sites is 1. The van der Waals surface area contributed by atoms with Crippen LogP contribution in [0.5, 0.6) is 11.5 Å². The molecule has 126 valence electrons. The van der Waals surface area contributed by atoms with Gasteiger partial charge in [-0.05, 0) is 42.8 Å². The molecular weight excluding hydrogens is 316 g/mol. The number of nitrogens with one attached hydrogen (secondary N) is 1. The lowest BCUT2D eigenvalue weighted by atomic mass is 10.1. The Labute approximate surface area is 138 Å². The molecule has 2 atom stereocenters. The van der Waals surface area contributed by atoms with Crippen LogP contribution >= 0.6 is 0 Å². The van der Waals surface area contributed by atoms with Crippen LogP contribution in [0, 0.1) is 0 Å². The Kier molecular flexibility index (Phi) is 4.49. The van der Waals surface area contributed by atoms with Gasteiger partial charge in [0, 0.05) is 12.0 Å². The van der Waals surface area contributed by atoms with Gasteiger partial charge in [0.2, 0.25) is 0 Å². The van der Waals surface area contributed by atoms with E-state index < -0.39 is 30.4 Å². The summed E-state index contributed by atoms with van der Waals surface area (Å²) in [6, 6.07) is 14.6. The van der Waals surface area contributed by atoms with Crippen molar-refractivity contribution in [2.24, 2.45) is 0 Å². The monoisotopic (exact) mass is 333 g/mol. The van der Waals surface area contributed by atoms with Gasteiger partial charge < -0.3 is 15.2 Å². The Balaban J connectivity index is 1.62. The number of carbonyl (C=O) groups is 1. The molecule has 0 bridgehead atoms. The van der Waals surface area contributed by atoms with Crippen LogP contribution in [0.15, 0.2) is 54.6 Å². The maximum absolute atomic E-state index is 13.3. The molecule has 1 amide bonds. The van der Waals surface area contributed by atoms with Gasteiger partial charge in [-0.2, -0.15) is 0 Å². The molecule has 24 heavy (non-hydrogen) atoms. The zero-order valence-electron chi connectivity index (χ0n) is 12.8. The molecule has 2 N–H and O–H groups in total. The lowest BCUT2D eigenvalue weighted by molar-refractivity contribution is -0.0911. The van der Waals surface area contributed by atoms with E-state index in [1.54, 1.807) is 24.3 Å². The zero-order chi connectivity index (χ0) is 17.2. The highest BCUT2D eigenvalue weighted by atomic mass is 19.3. The van der Waals surface area contributed by atoms with Gasteiger partial charge in [-0.3, -0.25) is 4.79 Å². The first kappa shape index (κ1) is 16.4. The van der Waals surface area contributed by atoms with Crippen molar-refractivity contribution >= 4 is 5.91 Å². The van der Waals surface area contributed by atoms with Gasteiger partial charge in [-0.15, -0.1) is 0 Å². The van der Waals surface area contributed by atoms with Gasteiger partial charge >= 0.3 is 0 Å². The second-order valence-electron chi connectivity index (χ2n) is 5.76. The molecule has 0 spiro atoms. The third-order valence-corrected chi connectivity index (χ3v) is 4.01. The van der Waals surface area contributed by atoms with Crippen molar-refractivity contribution in [3.05, 3.63) is 60.2 Å². The first-order valence-electron chi connectivity index (χ1n) is 7.65. The smallest absolute Gasteiger partial charge is 0.275 e. The number of aliphatic hydroxyl groups is 1. The first-order valence-corrected chi connectivity index (χ1v) is 7.65. The SMILES string of the molecule is O=C(N[C@H]1CCC(F)(F)[C@@H]1O)c1ccc(Oc2ccccc2)cc1. The van der Waals surface area contributed by atoms with Gasteiger partial charge in [0.05, 0.1) is 6.04 Å². The lowest BCUT2D eigenvalue weighted by Crippen LogP contribution is -2.45. The summed E-state index contributed by atoms with van der Waals surface area (Å²) in [5, 5.41) is 12.0. The van der Waals surface area contributed by atoms with Gasteiger partial charge in [-0.25, -0.2) is 8.78 Å². The molecule has 1 aliphatic rings. The fourth-order valence-electron chi connectivity index (χ4n) is 2.65. The van der Waals surface area contributed by atoms with Gasteiger partial charge in [0.25, 0.3) is 11.8 Å². The fourth-order valence-corrected chi connectivity index (χ4v) is 2.65. The van der Waals surface area contributed by atoms with E-state index >= 15 is 0 Å². The maximum Gasteiger partial charge on any atom is 0.275 e. The molecule has 2 aromatic carbocycles. The van der Waals surface area contributed by atoms with Crippen LogP contribution in [-0.4, -0.2) is 29.1 Å². The molecular formula is C18H17F2NO3. The molecule has 0 radical (unpaired) electrons. The first-order chi connectivity index (χ1) is 11.5.